The predicted molar refractivity (Wildman–Crippen MR) is 76.0 cm³/mol. The van der Waals surface area contributed by atoms with Crippen LogP contribution in [0.5, 0.6) is 0 Å². The van der Waals surface area contributed by atoms with Gasteiger partial charge in [-0.3, -0.25) is 18.8 Å². The maximum Gasteiger partial charge on any atom is 0.305 e. The Morgan fingerprint density at radius 3 is 2.65 bits per heavy atom. The van der Waals surface area contributed by atoms with Gasteiger partial charge in [-0.1, -0.05) is 6.92 Å². The molecule has 0 unspecified atom stereocenters. The average molecular weight is 277 g/mol. The van der Waals surface area contributed by atoms with Gasteiger partial charge >= 0.3 is 5.97 Å². The molecule has 108 valence electrons. The smallest absolute Gasteiger partial charge is 0.305 e. The second kappa shape index (κ2) is 5.48. The molecule has 2 rings (SSSR count). The van der Waals surface area contributed by atoms with E-state index >= 15 is 0 Å². The molecule has 0 spiro atoms. The molecule has 20 heavy (non-hydrogen) atoms. The Kier molecular flexibility index (Phi) is 3.92. The quantitative estimate of drug-likeness (QED) is 0.902. The molecule has 0 bridgehead atoms. The first-order valence-electron chi connectivity index (χ1n) is 6.75. The number of aliphatic carboxylic acids is 1. The molecule has 0 saturated carbocycles. The Labute approximate surface area is 116 Å². The fourth-order valence-electron chi connectivity index (χ4n) is 2.47. The van der Waals surface area contributed by atoms with Crippen molar-refractivity contribution >= 4 is 17.0 Å². The van der Waals surface area contributed by atoms with E-state index in [1.54, 1.807) is 6.07 Å². The van der Waals surface area contributed by atoms with Gasteiger partial charge in [0.1, 0.15) is 0 Å². The number of pyridine rings is 1. The largest absolute Gasteiger partial charge is 0.481 e. The van der Waals surface area contributed by atoms with Crippen molar-refractivity contribution in [2.75, 3.05) is 0 Å². The van der Waals surface area contributed by atoms with Gasteiger partial charge in [0.05, 0.1) is 6.42 Å². The summed E-state index contributed by atoms with van der Waals surface area (Å²) in [5, 5.41) is 14.2. The summed E-state index contributed by atoms with van der Waals surface area (Å²) in [5.41, 5.74) is 2.29. The summed E-state index contributed by atoms with van der Waals surface area (Å²) in [4.78, 5) is 22.8. The van der Waals surface area contributed by atoms with Gasteiger partial charge in [0.15, 0.2) is 5.65 Å². The number of carboxylic acids is 1. The lowest BCUT2D eigenvalue weighted by Crippen LogP contribution is -2.22. The molecule has 2 aromatic heterocycles. The Morgan fingerprint density at radius 1 is 1.35 bits per heavy atom. The number of hydrogen-bond acceptors (Lipinski definition) is 3. The fourth-order valence-corrected chi connectivity index (χ4v) is 2.47. The summed E-state index contributed by atoms with van der Waals surface area (Å²) < 4.78 is 3.34. The van der Waals surface area contributed by atoms with Crippen LogP contribution in [-0.2, 0) is 17.9 Å². The zero-order valence-electron chi connectivity index (χ0n) is 12.0. The SMILES string of the molecule is CCCn1nc2c(c(C)cc(=O)n2CCC(=O)O)c1C. The van der Waals surface area contributed by atoms with Crippen LogP contribution in [0.25, 0.3) is 11.0 Å². The molecule has 6 heteroatoms. The van der Waals surface area contributed by atoms with Crippen molar-refractivity contribution in [2.45, 2.75) is 46.7 Å². The summed E-state index contributed by atoms with van der Waals surface area (Å²) in [6.45, 7) is 6.86. The second-order valence-electron chi connectivity index (χ2n) is 4.97. The molecule has 0 fully saturated rings. The van der Waals surface area contributed by atoms with E-state index in [2.05, 4.69) is 12.0 Å². The van der Waals surface area contributed by atoms with Gasteiger partial charge in [-0.2, -0.15) is 5.10 Å². The van der Waals surface area contributed by atoms with Gasteiger partial charge in [-0.05, 0) is 25.8 Å². The first-order valence-corrected chi connectivity index (χ1v) is 6.75. The van der Waals surface area contributed by atoms with Crippen molar-refractivity contribution in [3.8, 4) is 0 Å². The maximum absolute atomic E-state index is 12.1. The first kappa shape index (κ1) is 14.3. The Balaban J connectivity index is 2.64. The second-order valence-corrected chi connectivity index (χ2v) is 4.97. The van der Waals surface area contributed by atoms with E-state index in [1.807, 2.05) is 18.5 Å². The van der Waals surface area contributed by atoms with Crippen molar-refractivity contribution in [3.05, 3.63) is 27.7 Å². The lowest BCUT2D eigenvalue weighted by atomic mass is 10.1. The minimum atomic E-state index is -0.921. The van der Waals surface area contributed by atoms with Crippen LogP contribution in [0, 0.1) is 13.8 Å². The minimum absolute atomic E-state index is 0.0856. The molecular weight excluding hydrogens is 258 g/mol. The van der Waals surface area contributed by atoms with Crippen molar-refractivity contribution in [3.63, 3.8) is 0 Å². The highest BCUT2D eigenvalue weighted by Crippen LogP contribution is 2.20. The molecule has 6 nitrogen and oxygen atoms in total. The third-order valence-electron chi connectivity index (χ3n) is 3.43. The highest BCUT2D eigenvalue weighted by molar-refractivity contribution is 5.82. The molecule has 2 aromatic rings. The van der Waals surface area contributed by atoms with Crippen molar-refractivity contribution < 1.29 is 9.90 Å². The molecule has 2 heterocycles. The normalized spacial score (nSPS) is 11.2. The highest BCUT2D eigenvalue weighted by atomic mass is 16.4. The van der Waals surface area contributed by atoms with Crippen LogP contribution in [0.1, 0.15) is 31.0 Å². The topological polar surface area (TPSA) is 77.1 Å². The first-order chi connectivity index (χ1) is 9.45. The Bertz CT molecular complexity index is 713. The Morgan fingerprint density at radius 2 is 2.05 bits per heavy atom. The minimum Gasteiger partial charge on any atom is -0.481 e. The van der Waals surface area contributed by atoms with Crippen LogP contribution < -0.4 is 5.56 Å². The van der Waals surface area contributed by atoms with Crippen molar-refractivity contribution in [2.24, 2.45) is 0 Å². The molecule has 0 aliphatic carbocycles. The number of aryl methyl sites for hydroxylation is 4. The zero-order valence-corrected chi connectivity index (χ0v) is 12.0. The van der Waals surface area contributed by atoms with E-state index in [-0.39, 0.29) is 18.5 Å². The number of rotatable bonds is 5. The number of carboxylic acid groups (broad SMARTS) is 1. The number of fused-ring (bicyclic) bond motifs is 1. The predicted octanol–water partition coefficient (Wildman–Crippen LogP) is 1.70. The van der Waals surface area contributed by atoms with Gasteiger partial charge in [0.25, 0.3) is 5.56 Å². The van der Waals surface area contributed by atoms with Crippen molar-refractivity contribution in [1.29, 1.82) is 0 Å². The molecule has 0 saturated heterocycles. The van der Waals surface area contributed by atoms with Crippen LogP contribution in [0.3, 0.4) is 0 Å². The van der Waals surface area contributed by atoms with E-state index in [0.717, 1.165) is 29.6 Å². The standard InChI is InChI=1S/C14H19N3O3/c1-4-6-17-10(3)13-9(2)8-11(18)16(14(13)15-17)7-5-12(19)20/h8H,4-7H2,1-3H3,(H,19,20). The third kappa shape index (κ3) is 2.45. The monoisotopic (exact) mass is 277 g/mol. The van der Waals surface area contributed by atoms with Crippen LogP contribution in [0.15, 0.2) is 10.9 Å². The molecule has 0 atom stereocenters. The van der Waals surface area contributed by atoms with Crippen LogP contribution in [0.4, 0.5) is 0 Å². The summed E-state index contributed by atoms with van der Waals surface area (Å²) in [7, 11) is 0. The molecule has 1 N–H and O–H groups in total. The molecule has 0 aromatic carbocycles. The van der Waals surface area contributed by atoms with Crippen LogP contribution in [-0.4, -0.2) is 25.4 Å². The van der Waals surface area contributed by atoms with E-state index in [4.69, 9.17) is 5.11 Å². The van der Waals surface area contributed by atoms with Crippen LogP contribution in [0.2, 0.25) is 0 Å². The number of nitrogens with zero attached hydrogens (tertiary/aromatic N) is 3. The Hall–Kier alpha value is -2.11. The summed E-state index contributed by atoms with van der Waals surface area (Å²) in [5.74, 6) is -0.921. The average Bonchev–Trinajstić information content (AvgIpc) is 2.67. The number of carbonyl (C=O) groups is 1. The van der Waals surface area contributed by atoms with E-state index in [9.17, 15) is 9.59 Å². The van der Waals surface area contributed by atoms with Gasteiger partial charge < -0.3 is 5.11 Å². The summed E-state index contributed by atoms with van der Waals surface area (Å²) in [6, 6.07) is 1.55. The number of aromatic nitrogens is 3. The third-order valence-corrected chi connectivity index (χ3v) is 3.43. The molecule has 0 amide bonds. The highest BCUT2D eigenvalue weighted by Gasteiger charge is 2.15. The van der Waals surface area contributed by atoms with E-state index < -0.39 is 5.97 Å². The molecule has 0 radical (unpaired) electrons. The summed E-state index contributed by atoms with van der Waals surface area (Å²) in [6.07, 6.45) is 0.866. The van der Waals surface area contributed by atoms with Gasteiger partial charge in [0, 0.05) is 30.2 Å². The lowest BCUT2D eigenvalue weighted by molar-refractivity contribution is -0.137. The molecular formula is C14H19N3O3. The van der Waals surface area contributed by atoms with E-state index in [1.165, 1.54) is 4.57 Å². The van der Waals surface area contributed by atoms with Gasteiger partial charge in [0.2, 0.25) is 0 Å². The van der Waals surface area contributed by atoms with Gasteiger partial charge in [-0.25, -0.2) is 0 Å². The lowest BCUT2D eigenvalue weighted by Gasteiger charge is -2.06. The molecule has 0 aliphatic heterocycles. The van der Waals surface area contributed by atoms with Gasteiger partial charge in [-0.15, -0.1) is 0 Å². The zero-order chi connectivity index (χ0) is 14.9. The summed E-state index contributed by atoms with van der Waals surface area (Å²) >= 11 is 0. The fraction of sp³-hybridized carbons (Fsp3) is 0.500. The van der Waals surface area contributed by atoms with E-state index in [0.29, 0.717) is 5.65 Å². The number of hydrogen-bond donors (Lipinski definition) is 1. The molecule has 0 aliphatic rings. The van der Waals surface area contributed by atoms with Crippen molar-refractivity contribution in [1.82, 2.24) is 14.3 Å². The maximum atomic E-state index is 12.1. The van der Waals surface area contributed by atoms with Crippen LogP contribution >= 0.6 is 0 Å².